The van der Waals surface area contributed by atoms with Crippen molar-refractivity contribution in [2.45, 2.75) is 38.0 Å². The van der Waals surface area contributed by atoms with E-state index in [2.05, 4.69) is 0 Å². The highest BCUT2D eigenvalue weighted by Crippen LogP contribution is 2.29. The average molecular weight is 269 g/mol. The minimum atomic E-state index is 0.476. The predicted octanol–water partition coefficient (Wildman–Crippen LogP) is 4.39. The lowest BCUT2D eigenvalue weighted by Gasteiger charge is -2.22. The van der Waals surface area contributed by atoms with Crippen molar-refractivity contribution in [2.24, 2.45) is 5.92 Å². The first-order valence-electron chi connectivity index (χ1n) is 6.69. The molecule has 0 unspecified atom stereocenters. The van der Waals surface area contributed by atoms with Crippen LogP contribution < -0.4 is 9.47 Å². The van der Waals surface area contributed by atoms with Crippen molar-refractivity contribution in [1.29, 1.82) is 0 Å². The van der Waals surface area contributed by atoms with Crippen molar-refractivity contribution in [3.8, 4) is 11.5 Å². The van der Waals surface area contributed by atoms with Crippen molar-refractivity contribution >= 4 is 11.6 Å². The summed E-state index contributed by atoms with van der Waals surface area (Å²) in [5.41, 5.74) is 1.04. The summed E-state index contributed by atoms with van der Waals surface area (Å²) in [6, 6.07) is 5.83. The molecule has 2 nitrogen and oxygen atoms in total. The Morgan fingerprint density at radius 1 is 1.22 bits per heavy atom. The van der Waals surface area contributed by atoms with Gasteiger partial charge in [-0.25, -0.2) is 0 Å². The van der Waals surface area contributed by atoms with Crippen molar-refractivity contribution in [1.82, 2.24) is 0 Å². The monoisotopic (exact) mass is 268 g/mol. The molecule has 0 heterocycles. The van der Waals surface area contributed by atoms with Gasteiger partial charge in [0.05, 0.1) is 19.6 Å². The number of hydrogen-bond donors (Lipinski definition) is 0. The molecule has 0 N–H and O–H groups in total. The predicted molar refractivity (Wildman–Crippen MR) is 74.6 cm³/mol. The van der Waals surface area contributed by atoms with Crippen LogP contribution in [0.25, 0.3) is 0 Å². The Balaban J connectivity index is 1.97. The number of rotatable bonds is 5. The van der Waals surface area contributed by atoms with Gasteiger partial charge in [-0.1, -0.05) is 25.3 Å². The third-order valence-corrected chi connectivity index (χ3v) is 3.91. The summed E-state index contributed by atoms with van der Waals surface area (Å²) in [6.45, 7) is 0.803. The normalized spacial score (nSPS) is 16.6. The lowest BCUT2D eigenvalue weighted by molar-refractivity contribution is 0.207. The van der Waals surface area contributed by atoms with Gasteiger partial charge in [0.25, 0.3) is 0 Å². The van der Waals surface area contributed by atoms with E-state index >= 15 is 0 Å². The summed E-state index contributed by atoms with van der Waals surface area (Å²) in [6.07, 6.45) is 6.64. The minimum absolute atomic E-state index is 0.476. The number of benzene rings is 1. The van der Waals surface area contributed by atoms with Gasteiger partial charge in [0, 0.05) is 11.6 Å². The van der Waals surface area contributed by atoms with Crippen LogP contribution in [0.1, 0.15) is 37.7 Å². The second-order valence-corrected chi connectivity index (χ2v) is 5.19. The van der Waals surface area contributed by atoms with Crippen molar-refractivity contribution in [3.63, 3.8) is 0 Å². The molecule has 1 fully saturated rings. The summed E-state index contributed by atoms with van der Waals surface area (Å²) in [5.74, 6) is 2.87. The van der Waals surface area contributed by atoms with Gasteiger partial charge in [0.15, 0.2) is 0 Å². The maximum Gasteiger partial charge on any atom is 0.127 e. The van der Waals surface area contributed by atoms with E-state index in [1.165, 1.54) is 32.1 Å². The van der Waals surface area contributed by atoms with Crippen LogP contribution in [0.4, 0.5) is 0 Å². The molecule has 18 heavy (non-hydrogen) atoms. The van der Waals surface area contributed by atoms with Gasteiger partial charge in [-0.05, 0) is 24.8 Å². The Morgan fingerprint density at radius 2 is 2.00 bits per heavy atom. The molecular formula is C15H21ClO2. The first-order valence-corrected chi connectivity index (χ1v) is 7.22. The smallest absolute Gasteiger partial charge is 0.127 e. The van der Waals surface area contributed by atoms with E-state index in [1.54, 1.807) is 7.11 Å². The Labute approximate surface area is 114 Å². The first-order chi connectivity index (χ1) is 8.83. The standard InChI is InChI=1S/C15H21ClO2/c1-17-14-8-7-13(10-16)15(9-14)18-11-12-5-3-2-4-6-12/h7-9,12H,2-6,10-11H2,1H3. The van der Waals surface area contributed by atoms with E-state index in [9.17, 15) is 0 Å². The number of methoxy groups -OCH3 is 1. The van der Waals surface area contributed by atoms with Gasteiger partial charge >= 0.3 is 0 Å². The summed E-state index contributed by atoms with van der Waals surface area (Å²) in [7, 11) is 1.67. The van der Waals surface area contributed by atoms with Crippen LogP contribution in [0.15, 0.2) is 18.2 Å². The molecule has 0 aromatic heterocycles. The molecule has 0 atom stereocenters. The average Bonchev–Trinajstić information content (AvgIpc) is 2.45. The largest absolute Gasteiger partial charge is 0.497 e. The third kappa shape index (κ3) is 3.55. The van der Waals surface area contributed by atoms with Crippen molar-refractivity contribution < 1.29 is 9.47 Å². The molecule has 3 heteroatoms. The zero-order valence-corrected chi connectivity index (χ0v) is 11.7. The van der Waals surface area contributed by atoms with E-state index in [0.717, 1.165) is 23.7 Å². The van der Waals surface area contributed by atoms with Gasteiger partial charge in [-0.3, -0.25) is 0 Å². The fourth-order valence-electron chi connectivity index (χ4n) is 2.47. The van der Waals surface area contributed by atoms with Crippen molar-refractivity contribution in [2.75, 3.05) is 13.7 Å². The summed E-state index contributed by atoms with van der Waals surface area (Å²) >= 11 is 5.93. The molecule has 0 spiro atoms. The highest BCUT2D eigenvalue weighted by atomic mass is 35.5. The Kier molecular flexibility index (Phi) is 5.18. The fraction of sp³-hybridized carbons (Fsp3) is 0.600. The fourth-order valence-corrected chi connectivity index (χ4v) is 2.69. The highest BCUT2D eigenvalue weighted by molar-refractivity contribution is 6.17. The molecule has 0 bridgehead atoms. The maximum absolute atomic E-state index is 5.95. The molecule has 1 aromatic carbocycles. The van der Waals surface area contributed by atoms with Gasteiger partial charge in [-0.2, -0.15) is 0 Å². The molecule has 1 aliphatic rings. The van der Waals surface area contributed by atoms with Gasteiger partial charge in [0.1, 0.15) is 11.5 Å². The minimum Gasteiger partial charge on any atom is -0.497 e. The summed E-state index contributed by atoms with van der Waals surface area (Å²) in [5, 5.41) is 0. The molecule has 1 aliphatic carbocycles. The molecule has 1 aromatic rings. The second-order valence-electron chi connectivity index (χ2n) is 4.92. The van der Waals surface area contributed by atoms with Crippen LogP contribution in [0.5, 0.6) is 11.5 Å². The van der Waals surface area contributed by atoms with Crippen LogP contribution in [-0.4, -0.2) is 13.7 Å². The highest BCUT2D eigenvalue weighted by Gasteiger charge is 2.15. The molecule has 0 amide bonds. The van der Waals surface area contributed by atoms with Gasteiger partial charge < -0.3 is 9.47 Å². The lowest BCUT2D eigenvalue weighted by Crippen LogP contribution is -2.15. The van der Waals surface area contributed by atoms with Crippen LogP contribution in [-0.2, 0) is 5.88 Å². The Bertz CT molecular complexity index is 373. The molecule has 0 saturated heterocycles. The Hall–Kier alpha value is -0.890. The molecular weight excluding hydrogens is 248 g/mol. The van der Waals surface area contributed by atoms with E-state index in [0.29, 0.717) is 11.8 Å². The van der Waals surface area contributed by atoms with E-state index in [4.69, 9.17) is 21.1 Å². The van der Waals surface area contributed by atoms with Crippen LogP contribution >= 0.6 is 11.6 Å². The van der Waals surface area contributed by atoms with E-state index in [-0.39, 0.29) is 0 Å². The molecule has 0 aliphatic heterocycles. The molecule has 0 radical (unpaired) electrons. The number of halogens is 1. The Morgan fingerprint density at radius 3 is 2.67 bits per heavy atom. The second kappa shape index (κ2) is 6.89. The zero-order chi connectivity index (χ0) is 12.8. The third-order valence-electron chi connectivity index (χ3n) is 3.62. The van der Waals surface area contributed by atoms with Crippen LogP contribution in [0, 0.1) is 5.92 Å². The van der Waals surface area contributed by atoms with Crippen LogP contribution in [0.3, 0.4) is 0 Å². The van der Waals surface area contributed by atoms with Gasteiger partial charge in [-0.15, -0.1) is 11.6 Å². The molecule has 1 saturated carbocycles. The topological polar surface area (TPSA) is 18.5 Å². The molecule has 2 rings (SSSR count). The maximum atomic E-state index is 5.95. The number of hydrogen-bond acceptors (Lipinski definition) is 2. The zero-order valence-electron chi connectivity index (χ0n) is 11.0. The van der Waals surface area contributed by atoms with E-state index in [1.807, 2.05) is 18.2 Å². The SMILES string of the molecule is COc1ccc(CCl)c(OCC2CCCCC2)c1. The quantitative estimate of drug-likeness (QED) is 0.737. The summed E-state index contributed by atoms with van der Waals surface area (Å²) < 4.78 is 11.2. The lowest BCUT2D eigenvalue weighted by atomic mass is 9.90. The van der Waals surface area contributed by atoms with Gasteiger partial charge in [0.2, 0.25) is 0 Å². The molecule has 100 valence electrons. The summed E-state index contributed by atoms with van der Waals surface area (Å²) in [4.78, 5) is 0. The number of alkyl halides is 1. The number of ether oxygens (including phenoxy) is 2. The van der Waals surface area contributed by atoms with E-state index < -0.39 is 0 Å². The van der Waals surface area contributed by atoms with Crippen molar-refractivity contribution in [3.05, 3.63) is 23.8 Å². The first kappa shape index (κ1) is 13.5. The van der Waals surface area contributed by atoms with Crippen LogP contribution in [0.2, 0.25) is 0 Å².